The van der Waals surface area contributed by atoms with Crippen LogP contribution >= 0.6 is 11.8 Å². The number of amides is 2. The second kappa shape index (κ2) is 8.91. The van der Waals surface area contributed by atoms with Gasteiger partial charge in [-0.3, -0.25) is 24.6 Å². The molecule has 168 valence electrons. The molecule has 1 aliphatic rings. The number of nitro benzene ring substituents is 1. The van der Waals surface area contributed by atoms with E-state index >= 15 is 0 Å². The third-order valence-corrected chi connectivity index (χ3v) is 6.24. The first-order valence-corrected chi connectivity index (χ1v) is 10.8. The Hall–Kier alpha value is -3.92. The molecular weight excluding hydrogens is 446 g/mol. The molecule has 9 nitrogen and oxygen atoms in total. The lowest BCUT2D eigenvalue weighted by atomic mass is 10.1. The standard InChI is InChI=1S/C23H19N3O6S/c1-14(22(28)32-2)25-21(27)20(33-23(25)29)11-16-13-24(19-6-4-3-5-18(16)19)12-15-7-9-17(10-8-15)26(30)31/h3-11,13-14H,12H2,1-2H3/b20-11-. The van der Waals surface area contributed by atoms with E-state index in [1.54, 1.807) is 18.2 Å². The van der Waals surface area contributed by atoms with Gasteiger partial charge in [-0.25, -0.2) is 4.79 Å². The summed E-state index contributed by atoms with van der Waals surface area (Å²) in [4.78, 5) is 48.6. The molecule has 1 atom stereocenters. The Morgan fingerprint density at radius 2 is 1.88 bits per heavy atom. The number of nitrogens with zero attached hydrogens (tertiary/aromatic N) is 3. The van der Waals surface area contributed by atoms with Gasteiger partial charge in [0, 0.05) is 41.3 Å². The van der Waals surface area contributed by atoms with Crippen LogP contribution in [0.4, 0.5) is 10.5 Å². The Kier molecular flexibility index (Phi) is 6.01. The number of carbonyl (C=O) groups is 3. The molecule has 10 heteroatoms. The van der Waals surface area contributed by atoms with Crippen LogP contribution in [-0.2, 0) is 20.9 Å². The number of fused-ring (bicyclic) bond motifs is 1. The number of thioether (sulfide) groups is 1. The van der Waals surface area contributed by atoms with Crippen LogP contribution < -0.4 is 0 Å². The van der Waals surface area contributed by atoms with E-state index < -0.39 is 28.1 Å². The minimum Gasteiger partial charge on any atom is -0.467 e. The summed E-state index contributed by atoms with van der Waals surface area (Å²) in [5, 5.41) is 11.2. The molecular formula is C23H19N3O6S. The molecule has 0 N–H and O–H groups in total. The number of non-ortho nitro benzene ring substituents is 1. The molecule has 1 fully saturated rings. The normalized spacial score (nSPS) is 15.9. The van der Waals surface area contributed by atoms with Crippen molar-refractivity contribution >= 4 is 51.5 Å². The largest absolute Gasteiger partial charge is 0.467 e. The van der Waals surface area contributed by atoms with Crippen LogP contribution in [0.25, 0.3) is 17.0 Å². The van der Waals surface area contributed by atoms with E-state index in [4.69, 9.17) is 0 Å². The van der Waals surface area contributed by atoms with Crippen molar-refractivity contribution in [3.8, 4) is 0 Å². The number of hydrogen-bond acceptors (Lipinski definition) is 7. The van der Waals surface area contributed by atoms with Gasteiger partial charge < -0.3 is 9.30 Å². The van der Waals surface area contributed by atoms with Gasteiger partial charge in [0.25, 0.3) is 16.8 Å². The second-order valence-electron chi connectivity index (χ2n) is 7.40. The number of methoxy groups -OCH3 is 1. The van der Waals surface area contributed by atoms with Crippen molar-refractivity contribution in [1.82, 2.24) is 9.47 Å². The number of carbonyl (C=O) groups excluding carboxylic acids is 3. The lowest BCUT2D eigenvalue weighted by Crippen LogP contribution is -2.42. The molecule has 2 aromatic carbocycles. The highest BCUT2D eigenvalue weighted by Gasteiger charge is 2.41. The number of aromatic nitrogens is 1. The first-order valence-electron chi connectivity index (χ1n) is 9.96. The fraction of sp³-hybridized carbons (Fsp3) is 0.174. The summed E-state index contributed by atoms with van der Waals surface area (Å²) in [6.45, 7) is 1.91. The van der Waals surface area contributed by atoms with Crippen LogP contribution in [0.3, 0.4) is 0 Å². The van der Waals surface area contributed by atoms with Gasteiger partial charge in [0.1, 0.15) is 6.04 Å². The zero-order valence-corrected chi connectivity index (χ0v) is 18.6. The van der Waals surface area contributed by atoms with Crippen molar-refractivity contribution in [3.63, 3.8) is 0 Å². The molecule has 0 spiro atoms. The number of para-hydroxylation sites is 1. The smallest absolute Gasteiger partial charge is 0.328 e. The SMILES string of the molecule is COC(=O)C(C)N1C(=O)S/C(=C\c2cn(Cc3ccc([N+](=O)[O-])cc3)c3ccccc23)C1=O. The van der Waals surface area contributed by atoms with Crippen molar-refractivity contribution in [2.24, 2.45) is 0 Å². The van der Waals surface area contributed by atoms with Gasteiger partial charge in [0.2, 0.25) is 0 Å². The van der Waals surface area contributed by atoms with Crippen molar-refractivity contribution in [3.05, 3.63) is 80.9 Å². The number of imide groups is 1. The van der Waals surface area contributed by atoms with Gasteiger partial charge in [-0.15, -0.1) is 0 Å². The van der Waals surface area contributed by atoms with E-state index in [1.807, 2.05) is 35.0 Å². The Bertz CT molecular complexity index is 1310. The second-order valence-corrected chi connectivity index (χ2v) is 8.40. The van der Waals surface area contributed by atoms with Gasteiger partial charge >= 0.3 is 5.97 Å². The van der Waals surface area contributed by atoms with Crippen LogP contribution in [0.1, 0.15) is 18.1 Å². The van der Waals surface area contributed by atoms with Crippen molar-refractivity contribution < 1.29 is 24.0 Å². The third kappa shape index (κ3) is 4.24. The highest BCUT2D eigenvalue weighted by Crippen LogP contribution is 2.35. The molecule has 1 aromatic heterocycles. The summed E-state index contributed by atoms with van der Waals surface area (Å²) in [6.07, 6.45) is 3.51. The predicted octanol–water partition coefficient (Wildman–Crippen LogP) is 4.20. The first-order chi connectivity index (χ1) is 15.8. The fourth-order valence-corrected chi connectivity index (χ4v) is 4.57. The minimum absolute atomic E-state index is 0.0220. The molecule has 1 aliphatic heterocycles. The molecule has 3 aromatic rings. The Balaban J connectivity index is 1.67. The van der Waals surface area contributed by atoms with Crippen LogP contribution in [0.2, 0.25) is 0 Å². The monoisotopic (exact) mass is 465 g/mol. The van der Waals surface area contributed by atoms with E-state index in [2.05, 4.69) is 4.74 Å². The number of rotatable bonds is 6. The minimum atomic E-state index is -1.02. The lowest BCUT2D eigenvalue weighted by molar-refractivity contribution is -0.384. The van der Waals surface area contributed by atoms with Gasteiger partial charge in [-0.2, -0.15) is 0 Å². The van der Waals surface area contributed by atoms with Crippen molar-refractivity contribution in [2.75, 3.05) is 7.11 Å². The molecule has 1 saturated heterocycles. The summed E-state index contributed by atoms with van der Waals surface area (Å²) in [6, 6.07) is 12.9. The van der Waals surface area contributed by atoms with Gasteiger partial charge in [-0.05, 0) is 36.4 Å². The molecule has 0 bridgehead atoms. The lowest BCUT2D eigenvalue weighted by Gasteiger charge is -2.18. The highest BCUT2D eigenvalue weighted by atomic mass is 32.2. The molecule has 2 heterocycles. The summed E-state index contributed by atoms with van der Waals surface area (Å²) in [5.41, 5.74) is 2.54. The zero-order chi connectivity index (χ0) is 23.7. The van der Waals surface area contributed by atoms with E-state index in [1.165, 1.54) is 26.2 Å². The van der Waals surface area contributed by atoms with Crippen LogP contribution in [0, 0.1) is 10.1 Å². The predicted molar refractivity (Wildman–Crippen MR) is 123 cm³/mol. The van der Waals surface area contributed by atoms with E-state index in [9.17, 15) is 24.5 Å². The molecule has 33 heavy (non-hydrogen) atoms. The Morgan fingerprint density at radius 1 is 1.18 bits per heavy atom. The molecule has 0 aliphatic carbocycles. The maximum Gasteiger partial charge on any atom is 0.328 e. The first kappa shape index (κ1) is 22.3. The zero-order valence-electron chi connectivity index (χ0n) is 17.8. The Labute approximate surface area is 192 Å². The molecule has 0 radical (unpaired) electrons. The van der Waals surface area contributed by atoms with E-state index in [-0.39, 0.29) is 10.6 Å². The van der Waals surface area contributed by atoms with Gasteiger partial charge in [0.15, 0.2) is 0 Å². The van der Waals surface area contributed by atoms with Crippen LogP contribution in [-0.4, -0.2) is 44.7 Å². The Morgan fingerprint density at radius 3 is 2.55 bits per heavy atom. The van der Waals surface area contributed by atoms with Gasteiger partial charge in [0.05, 0.1) is 16.9 Å². The highest BCUT2D eigenvalue weighted by molar-refractivity contribution is 8.18. The maximum absolute atomic E-state index is 12.8. The number of esters is 1. The molecule has 0 saturated carbocycles. The quantitative estimate of drug-likeness (QED) is 0.232. The topological polar surface area (TPSA) is 112 Å². The van der Waals surface area contributed by atoms with Gasteiger partial charge in [-0.1, -0.05) is 30.3 Å². The van der Waals surface area contributed by atoms with E-state index in [0.29, 0.717) is 6.54 Å². The fourth-order valence-electron chi connectivity index (χ4n) is 3.67. The van der Waals surface area contributed by atoms with Crippen molar-refractivity contribution in [2.45, 2.75) is 19.5 Å². The molecule has 2 amide bonds. The summed E-state index contributed by atoms with van der Waals surface area (Å²) in [5.74, 6) is -1.21. The van der Waals surface area contributed by atoms with E-state index in [0.717, 1.165) is 38.7 Å². The average molecular weight is 465 g/mol. The summed E-state index contributed by atoms with van der Waals surface area (Å²) in [7, 11) is 1.20. The number of benzene rings is 2. The van der Waals surface area contributed by atoms with Crippen molar-refractivity contribution in [1.29, 1.82) is 0 Å². The number of nitro groups is 1. The summed E-state index contributed by atoms with van der Waals surface area (Å²) < 4.78 is 6.63. The summed E-state index contributed by atoms with van der Waals surface area (Å²) >= 11 is 0.777. The third-order valence-electron chi connectivity index (χ3n) is 5.36. The molecule has 1 unspecified atom stereocenters. The van der Waals surface area contributed by atoms with Crippen LogP contribution in [0.15, 0.2) is 59.6 Å². The number of hydrogen-bond donors (Lipinski definition) is 0. The van der Waals surface area contributed by atoms with Crippen LogP contribution in [0.5, 0.6) is 0 Å². The maximum atomic E-state index is 12.8. The number of ether oxygens (including phenoxy) is 1. The average Bonchev–Trinajstić information content (AvgIpc) is 3.29. The molecule has 4 rings (SSSR count).